The highest BCUT2D eigenvalue weighted by Gasteiger charge is 2.24. The molecule has 0 saturated carbocycles. The second-order valence-electron chi connectivity index (χ2n) is 3.02. The SMILES string of the molecule is COC(=O)c1ccn2c1C(=O)NCC2. The van der Waals surface area contributed by atoms with E-state index in [0.717, 1.165) is 0 Å². The fourth-order valence-corrected chi connectivity index (χ4v) is 1.56. The molecule has 1 aliphatic rings. The maximum absolute atomic E-state index is 11.4. The minimum atomic E-state index is -0.476. The highest BCUT2D eigenvalue weighted by molar-refractivity contribution is 6.04. The third-order valence-corrected chi connectivity index (χ3v) is 2.22. The number of aromatic nitrogens is 1. The zero-order valence-electron chi connectivity index (χ0n) is 7.74. The van der Waals surface area contributed by atoms with E-state index in [0.29, 0.717) is 24.3 Å². The molecule has 14 heavy (non-hydrogen) atoms. The Kier molecular flexibility index (Phi) is 1.99. The van der Waals surface area contributed by atoms with Crippen LogP contribution in [0.4, 0.5) is 0 Å². The molecule has 74 valence electrons. The molecule has 1 aromatic heterocycles. The van der Waals surface area contributed by atoms with Gasteiger partial charge < -0.3 is 14.6 Å². The second kappa shape index (κ2) is 3.17. The molecular formula is C9H10N2O3. The summed E-state index contributed by atoms with van der Waals surface area (Å²) in [6, 6.07) is 1.60. The molecule has 0 aromatic carbocycles. The van der Waals surface area contributed by atoms with Gasteiger partial charge in [-0.25, -0.2) is 4.79 Å². The van der Waals surface area contributed by atoms with E-state index in [2.05, 4.69) is 10.1 Å². The lowest BCUT2D eigenvalue weighted by atomic mass is 10.2. The minimum absolute atomic E-state index is 0.221. The third kappa shape index (κ3) is 1.17. The lowest BCUT2D eigenvalue weighted by molar-refractivity contribution is 0.0595. The van der Waals surface area contributed by atoms with Crippen molar-refractivity contribution >= 4 is 11.9 Å². The number of amides is 1. The molecule has 1 N–H and O–H groups in total. The van der Waals surface area contributed by atoms with E-state index in [9.17, 15) is 9.59 Å². The summed E-state index contributed by atoms with van der Waals surface area (Å²) in [6.45, 7) is 1.29. The molecule has 0 fully saturated rings. The Morgan fingerprint density at radius 1 is 1.64 bits per heavy atom. The van der Waals surface area contributed by atoms with Crippen molar-refractivity contribution in [2.24, 2.45) is 0 Å². The molecule has 0 radical (unpaired) electrons. The van der Waals surface area contributed by atoms with E-state index in [-0.39, 0.29) is 5.91 Å². The Morgan fingerprint density at radius 3 is 3.14 bits per heavy atom. The largest absolute Gasteiger partial charge is 0.465 e. The van der Waals surface area contributed by atoms with Crippen molar-refractivity contribution < 1.29 is 14.3 Å². The summed E-state index contributed by atoms with van der Waals surface area (Å²) < 4.78 is 6.33. The topological polar surface area (TPSA) is 60.3 Å². The van der Waals surface area contributed by atoms with Crippen LogP contribution < -0.4 is 5.32 Å². The smallest absolute Gasteiger partial charge is 0.340 e. The van der Waals surface area contributed by atoms with E-state index in [1.54, 1.807) is 16.8 Å². The number of nitrogens with zero attached hydrogens (tertiary/aromatic N) is 1. The number of carbonyl (C=O) groups excluding carboxylic acids is 2. The van der Waals surface area contributed by atoms with Crippen LogP contribution in [0.1, 0.15) is 20.8 Å². The van der Waals surface area contributed by atoms with Crippen LogP contribution in [0.2, 0.25) is 0 Å². The van der Waals surface area contributed by atoms with Crippen LogP contribution in [0.25, 0.3) is 0 Å². The molecule has 1 aromatic rings. The number of rotatable bonds is 1. The van der Waals surface area contributed by atoms with Crippen LogP contribution in [-0.4, -0.2) is 30.1 Å². The van der Waals surface area contributed by atoms with E-state index >= 15 is 0 Å². The quantitative estimate of drug-likeness (QED) is 0.641. The van der Waals surface area contributed by atoms with Gasteiger partial charge in [-0.3, -0.25) is 4.79 Å². The van der Waals surface area contributed by atoms with Crippen LogP contribution in [0, 0.1) is 0 Å². The maximum atomic E-state index is 11.4. The van der Waals surface area contributed by atoms with Crippen molar-refractivity contribution in [3.8, 4) is 0 Å². The highest BCUT2D eigenvalue weighted by Crippen LogP contribution is 2.14. The molecule has 5 heteroatoms. The number of ether oxygens (including phenoxy) is 1. The molecule has 0 aliphatic carbocycles. The molecule has 0 unspecified atom stereocenters. The Balaban J connectivity index is 2.48. The number of esters is 1. The fraction of sp³-hybridized carbons (Fsp3) is 0.333. The summed E-state index contributed by atoms with van der Waals surface area (Å²) >= 11 is 0. The van der Waals surface area contributed by atoms with Gasteiger partial charge in [0.25, 0.3) is 5.91 Å². The summed E-state index contributed by atoms with van der Waals surface area (Å²) in [7, 11) is 1.30. The molecule has 0 bridgehead atoms. The van der Waals surface area contributed by atoms with Crippen LogP contribution in [-0.2, 0) is 11.3 Å². The first-order valence-electron chi connectivity index (χ1n) is 4.29. The first kappa shape index (κ1) is 8.80. The summed E-state index contributed by atoms with van der Waals surface area (Å²) in [5, 5.41) is 2.68. The number of fused-ring (bicyclic) bond motifs is 1. The molecule has 1 aliphatic heterocycles. The van der Waals surface area contributed by atoms with Crippen LogP contribution in [0.15, 0.2) is 12.3 Å². The molecule has 5 nitrogen and oxygen atoms in total. The number of hydrogen-bond donors (Lipinski definition) is 1. The number of carbonyl (C=O) groups is 2. The molecule has 1 amide bonds. The van der Waals surface area contributed by atoms with Crippen molar-refractivity contribution in [2.45, 2.75) is 6.54 Å². The second-order valence-corrected chi connectivity index (χ2v) is 3.02. The number of nitrogens with one attached hydrogen (secondary N) is 1. The first-order valence-corrected chi connectivity index (χ1v) is 4.29. The Hall–Kier alpha value is -1.78. The van der Waals surface area contributed by atoms with Crippen LogP contribution in [0.3, 0.4) is 0 Å². The van der Waals surface area contributed by atoms with Gasteiger partial charge in [-0.05, 0) is 6.07 Å². The van der Waals surface area contributed by atoms with Gasteiger partial charge in [-0.15, -0.1) is 0 Å². The normalized spacial score (nSPS) is 14.5. The summed E-state index contributed by atoms with van der Waals surface area (Å²) in [4.78, 5) is 22.7. The molecular weight excluding hydrogens is 184 g/mol. The van der Waals surface area contributed by atoms with E-state index < -0.39 is 5.97 Å². The summed E-state index contributed by atoms with van der Waals surface area (Å²) in [6.07, 6.45) is 1.72. The summed E-state index contributed by atoms with van der Waals surface area (Å²) in [5.74, 6) is -0.697. The monoisotopic (exact) mass is 194 g/mol. The predicted octanol–water partition coefficient (Wildman–Crippen LogP) is 0.0181. The predicted molar refractivity (Wildman–Crippen MR) is 48.1 cm³/mol. The van der Waals surface area contributed by atoms with Gasteiger partial charge in [0.05, 0.1) is 12.7 Å². The van der Waals surface area contributed by atoms with Gasteiger partial charge in [0.15, 0.2) is 0 Å². The molecule has 0 saturated heterocycles. The highest BCUT2D eigenvalue weighted by atomic mass is 16.5. The molecule has 0 spiro atoms. The average Bonchev–Trinajstić information content (AvgIpc) is 2.62. The summed E-state index contributed by atoms with van der Waals surface area (Å²) in [5.41, 5.74) is 0.716. The fourth-order valence-electron chi connectivity index (χ4n) is 1.56. The van der Waals surface area contributed by atoms with Gasteiger partial charge in [0.1, 0.15) is 5.69 Å². The van der Waals surface area contributed by atoms with Crippen molar-refractivity contribution in [3.05, 3.63) is 23.5 Å². The lowest BCUT2D eigenvalue weighted by Gasteiger charge is -2.16. The maximum Gasteiger partial charge on any atom is 0.340 e. The number of methoxy groups -OCH3 is 1. The molecule has 2 heterocycles. The van der Waals surface area contributed by atoms with Crippen molar-refractivity contribution in [1.29, 1.82) is 0 Å². The average molecular weight is 194 g/mol. The van der Waals surface area contributed by atoms with E-state index in [1.165, 1.54) is 7.11 Å². The first-order chi connectivity index (χ1) is 6.74. The van der Waals surface area contributed by atoms with E-state index in [4.69, 9.17) is 0 Å². The van der Waals surface area contributed by atoms with Gasteiger partial charge in [0.2, 0.25) is 0 Å². The van der Waals surface area contributed by atoms with Crippen molar-refractivity contribution in [3.63, 3.8) is 0 Å². The Labute approximate surface area is 80.7 Å². The van der Waals surface area contributed by atoms with Crippen molar-refractivity contribution in [2.75, 3.05) is 13.7 Å². The molecule has 2 rings (SSSR count). The van der Waals surface area contributed by atoms with Gasteiger partial charge in [0, 0.05) is 19.3 Å². The van der Waals surface area contributed by atoms with Gasteiger partial charge in [-0.1, -0.05) is 0 Å². The zero-order valence-corrected chi connectivity index (χ0v) is 7.74. The Bertz CT molecular complexity index is 395. The van der Waals surface area contributed by atoms with Crippen LogP contribution >= 0.6 is 0 Å². The van der Waals surface area contributed by atoms with Gasteiger partial charge >= 0.3 is 5.97 Å². The molecule has 0 atom stereocenters. The van der Waals surface area contributed by atoms with Crippen LogP contribution in [0.5, 0.6) is 0 Å². The van der Waals surface area contributed by atoms with Gasteiger partial charge in [-0.2, -0.15) is 0 Å². The van der Waals surface area contributed by atoms with E-state index in [1.807, 2.05) is 0 Å². The van der Waals surface area contributed by atoms with Crippen molar-refractivity contribution in [1.82, 2.24) is 9.88 Å². The standard InChI is InChI=1S/C9H10N2O3/c1-14-9(13)6-2-4-11-5-3-10-8(12)7(6)11/h2,4H,3,5H2,1H3,(H,10,12). The number of hydrogen-bond acceptors (Lipinski definition) is 3. The third-order valence-electron chi connectivity index (χ3n) is 2.22. The lowest BCUT2D eigenvalue weighted by Crippen LogP contribution is -2.36. The zero-order chi connectivity index (χ0) is 10.1. The minimum Gasteiger partial charge on any atom is -0.465 e. The Morgan fingerprint density at radius 2 is 2.43 bits per heavy atom.